The molecule has 4 aliphatic carbocycles. The van der Waals surface area contributed by atoms with Crippen molar-refractivity contribution in [3.05, 3.63) is 11.6 Å². The summed E-state index contributed by atoms with van der Waals surface area (Å²) in [6.45, 7) is 5.55. The van der Waals surface area contributed by atoms with Crippen LogP contribution in [-0.2, 0) is 19.1 Å². The second kappa shape index (κ2) is 8.58. The molecule has 0 radical (unpaired) electrons. The quantitative estimate of drug-likeness (QED) is 0.518. The minimum atomic E-state index is -1.64. The Morgan fingerprint density at radius 1 is 1.24 bits per heavy atom. The zero-order valence-corrected chi connectivity index (χ0v) is 20.0. The molecule has 0 saturated heterocycles. The van der Waals surface area contributed by atoms with Crippen LogP contribution in [0.5, 0.6) is 0 Å². The van der Waals surface area contributed by atoms with Crippen molar-refractivity contribution in [3.8, 4) is 0 Å². The number of fused-ring (bicyclic) bond motifs is 5. The first kappa shape index (κ1) is 24.6. The number of rotatable bonds is 6. The number of ketones is 2. The Morgan fingerprint density at radius 3 is 2.64 bits per heavy atom. The summed E-state index contributed by atoms with van der Waals surface area (Å²) < 4.78 is 5.34. The van der Waals surface area contributed by atoms with Gasteiger partial charge >= 0.3 is 5.97 Å². The van der Waals surface area contributed by atoms with E-state index in [1.807, 2.05) is 13.8 Å². The lowest BCUT2D eigenvalue weighted by Gasteiger charge is -2.62. The van der Waals surface area contributed by atoms with Gasteiger partial charge in [0.05, 0.1) is 12.7 Å². The highest BCUT2D eigenvalue weighted by Gasteiger charge is 2.69. The molecular weight excluding hydrogens is 424 g/mol. The van der Waals surface area contributed by atoms with Gasteiger partial charge in [-0.15, -0.1) is 0 Å². The lowest BCUT2D eigenvalue weighted by molar-refractivity contribution is -0.187. The molecular formula is C26H38O7. The average molecular weight is 463 g/mol. The molecule has 0 bridgehead atoms. The zero-order chi connectivity index (χ0) is 24.2. The van der Waals surface area contributed by atoms with E-state index in [1.54, 1.807) is 6.08 Å². The highest BCUT2D eigenvalue weighted by molar-refractivity contribution is 5.92. The first-order valence-corrected chi connectivity index (χ1v) is 12.5. The van der Waals surface area contributed by atoms with E-state index in [1.165, 1.54) is 0 Å². The smallest absolute Gasteiger partial charge is 0.306 e. The summed E-state index contributed by atoms with van der Waals surface area (Å²) in [7, 11) is 0. The van der Waals surface area contributed by atoms with Crippen molar-refractivity contribution in [2.45, 2.75) is 83.8 Å². The summed E-state index contributed by atoms with van der Waals surface area (Å²) in [4.78, 5) is 37.7. The Hall–Kier alpha value is -1.57. The maximum absolute atomic E-state index is 12.6. The molecule has 7 nitrogen and oxygen atoms in total. The highest BCUT2D eigenvalue weighted by Crippen LogP contribution is 2.68. The molecule has 0 aromatic rings. The van der Waals surface area contributed by atoms with E-state index in [4.69, 9.17) is 4.74 Å². The summed E-state index contributed by atoms with van der Waals surface area (Å²) in [5.41, 5.74) is -1.97. The van der Waals surface area contributed by atoms with Crippen LogP contribution in [-0.4, -0.2) is 57.8 Å². The van der Waals surface area contributed by atoms with Gasteiger partial charge in [0.1, 0.15) is 12.2 Å². The van der Waals surface area contributed by atoms with Gasteiger partial charge in [-0.1, -0.05) is 26.3 Å². The molecule has 33 heavy (non-hydrogen) atoms. The minimum Gasteiger partial charge on any atom is -0.466 e. The van der Waals surface area contributed by atoms with Crippen molar-refractivity contribution in [1.29, 1.82) is 0 Å². The van der Waals surface area contributed by atoms with Crippen LogP contribution in [0.1, 0.15) is 72.1 Å². The lowest BCUT2D eigenvalue weighted by atomic mass is 9.43. The molecule has 3 saturated carbocycles. The van der Waals surface area contributed by atoms with Crippen LogP contribution in [0.15, 0.2) is 11.6 Å². The molecule has 4 aliphatic rings. The third kappa shape index (κ3) is 3.53. The molecule has 4 rings (SSSR count). The van der Waals surface area contributed by atoms with E-state index in [0.717, 1.165) is 18.4 Å². The first-order chi connectivity index (χ1) is 15.5. The second-order valence-electron chi connectivity index (χ2n) is 11.2. The number of carbonyl (C=O) groups is 3. The van der Waals surface area contributed by atoms with Gasteiger partial charge in [-0.2, -0.15) is 0 Å². The van der Waals surface area contributed by atoms with Crippen LogP contribution in [0.4, 0.5) is 0 Å². The van der Waals surface area contributed by atoms with Gasteiger partial charge in [0.2, 0.25) is 0 Å². The number of aliphatic hydroxyl groups is 3. The fraction of sp³-hybridized carbons (Fsp3) is 0.808. The third-order valence-corrected chi connectivity index (χ3v) is 9.85. The molecule has 0 aromatic heterocycles. The van der Waals surface area contributed by atoms with Gasteiger partial charge in [-0.25, -0.2) is 0 Å². The number of hydrogen-bond acceptors (Lipinski definition) is 7. The maximum Gasteiger partial charge on any atom is 0.306 e. The standard InChI is InChI=1S/C26H38O7/c1-4-9-33-22(31)12-16-11-17(28)10-15-5-6-18-19-7-8-26(32,21(30)14-27)24(19,2)13-20(29)23(18)25(15,16)3/h10,16,18-20,23,27,29,32H,4-9,11-14H2,1-3H3/t16?,18-,19-,20-,23+,24-,25+,26-/m0/s1. The van der Waals surface area contributed by atoms with E-state index in [-0.39, 0.29) is 61.1 Å². The number of carbonyl (C=O) groups excluding carboxylic acids is 3. The fourth-order valence-corrected chi connectivity index (χ4v) is 8.23. The average Bonchev–Trinajstić information content (AvgIpc) is 3.03. The SMILES string of the molecule is CCCOC(=O)CC1CC(=O)C=C2CC[C@@H]3[C@H]([C@@H](O)C[C@@]4(C)[C@H]3CC[C@]4(O)C(=O)CO)[C@]21C. The molecule has 3 fully saturated rings. The Balaban J connectivity index is 1.70. The number of ether oxygens (including phenoxy) is 1. The summed E-state index contributed by atoms with van der Waals surface area (Å²) in [6, 6.07) is 0. The number of esters is 1. The summed E-state index contributed by atoms with van der Waals surface area (Å²) in [6.07, 6.45) is 4.74. The lowest BCUT2D eigenvalue weighted by Crippen LogP contribution is -2.63. The van der Waals surface area contributed by atoms with Gasteiger partial charge in [0.25, 0.3) is 0 Å². The molecule has 3 N–H and O–H groups in total. The zero-order valence-electron chi connectivity index (χ0n) is 20.0. The summed E-state index contributed by atoms with van der Waals surface area (Å²) in [5.74, 6) is -1.19. The molecule has 0 aromatic carbocycles. The second-order valence-corrected chi connectivity index (χ2v) is 11.2. The topological polar surface area (TPSA) is 121 Å². The number of aliphatic hydroxyl groups excluding tert-OH is 2. The van der Waals surface area contributed by atoms with Gasteiger partial charge in [0, 0.05) is 18.3 Å². The monoisotopic (exact) mass is 462 g/mol. The highest BCUT2D eigenvalue weighted by atomic mass is 16.5. The van der Waals surface area contributed by atoms with E-state index in [2.05, 4.69) is 6.92 Å². The normalized spacial score (nSPS) is 44.4. The van der Waals surface area contributed by atoms with Crippen molar-refractivity contribution < 1.29 is 34.4 Å². The number of allylic oxidation sites excluding steroid dienone is 1. The summed E-state index contributed by atoms with van der Waals surface area (Å²) >= 11 is 0. The van der Waals surface area contributed by atoms with Gasteiger partial charge in [0.15, 0.2) is 11.6 Å². The van der Waals surface area contributed by atoms with Crippen molar-refractivity contribution >= 4 is 17.5 Å². The van der Waals surface area contributed by atoms with E-state index in [9.17, 15) is 29.7 Å². The number of Topliss-reactive ketones (excluding diaryl/α,β-unsaturated/α-hetero) is 1. The molecule has 0 heterocycles. The fourth-order valence-electron chi connectivity index (χ4n) is 8.23. The molecule has 0 amide bonds. The molecule has 7 heteroatoms. The number of hydrogen-bond donors (Lipinski definition) is 3. The Labute approximate surface area is 195 Å². The van der Waals surface area contributed by atoms with Gasteiger partial charge < -0.3 is 20.1 Å². The van der Waals surface area contributed by atoms with E-state index >= 15 is 0 Å². The Morgan fingerprint density at radius 2 is 1.97 bits per heavy atom. The van der Waals surface area contributed by atoms with Gasteiger partial charge in [-0.3, -0.25) is 14.4 Å². The predicted octanol–water partition coefficient (Wildman–Crippen LogP) is 2.35. The van der Waals surface area contributed by atoms with E-state index < -0.39 is 34.9 Å². The third-order valence-electron chi connectivity index (χ3n) is 9.85. The minimum absolute atomic E-state index is 0.0214. The van der Waals surface area contributed by atoms with Crippen molar-refractivity contribution in [2.75, 3.05) is 13.2 Å². The van der Waals surface area contributed by atoms with Crippen LogP contribution in [0.25, 0.3) is 0 Å². The van der Waals surface area contributed by atoms with E-state index in [0.29, 0.717) is 19.4 Å². The molecule has 0 spiro atoms. The largest absolute Gasteiger partial charge is 0.466 e. The van der Waals surface area contributed by atoms with Crippen molar-refractivity contribution in [3.63, 3.8) is 0 Å². The van der Waals surface area contributed by atoms with Crippen LogP contribution in [0.3, 0.4) is 0 Å². The van der Waals surface area contributed by atoms with Gasteiger partial charge in [-0.05, 0) is 73.7 Å². The van der Waals surface area contributed by atoms with Crippen LogP contribution < -0.4 is 0 Å². The van der Waals surface area contributed by atoms with Crippen molar-refractivity contribution in [2.24, 2.45) is 34.5 Å². The molecule has 8 atom stereocenters. The summed E-state index contributed by atoms with van der Waals surface area (Å²) in [5, 5.41) is 32.4. The Bertz CT molecular complexity index is 865. The Kier molecular flexibility index (Phi) is 6.38. The molecule has 1 unspecified atom stereocenters. The maximum atomic E-state index is 12.6. The van der Waals surface area contributed by atoms with Crippen LogP contribution in [0.2, 0.25) is 0 Å². The van der Waals surface area contributed by atoms with Crippen LogP contribution in [0, 0.1) is 34.5 Å². The molecule has 0 aliphatic heterocycles. The predicted molar refractivity (Wildman–Crippen MR) is 120 cm³/mol. The van der Waals surface area contributed by atoms with Crippen molar-refractivity contribution in [1.82, 2.24) is 0 Å². The molecule has 184 valence electrons. The first-order valence-electron chi connectivity index (χ1n) is 12.5. The van der Waals surface area contributed by atoms with Crippen LogP contribution >= 0.6 is 0 Å².